The van der Waals surface area contributed by atoms with E-state index < -0.39 is 6.09 Å². The molecule has 0 bridgehead atoms. The molecule has 14 heavy (non-hydrogen) atoms. The zero-order valence-corrected chi connectivity index (χ0v) is 9.45. The molecule has 0 saturated heterocycles. The molecule has 1 N–H and O–H groups in total. The number of nitrogens with one attached hydrogen (secondary N) is 1. The number of halogens is 1. The Hall–Kier alpha value is -1.03. The SMILES string of the molecule is CC(Br)NC(=O)OCc1ccccc1. The van der Waals surface area contributed by atoms with E-state index >= 15 is 0 Å². The van der Waals surface area contributed by atoms with Crippen LogP contribution in [0.25, 0.3) is 0 Å². The van der Waals surface area contributed by atoms with Gasteiger partial charge < -0.3 is 10.1 Å². The summed E-state index contributed by atoms with van der Waals surface area (Å²) in [6.45, 7) is 2.11. The predicted molar refractivity (Wildman–Crippen MR) is 58.2 cm³/mol. The molecule has 0 aliphatic heterocycles. The first kappa shape index (κ1) is 11.0. The lowest BCUT2D eigenvalue weighted by Crippen LogP contribution is -2.28. The zero-order valence-electron chi connectivity index (χ0n) is 7.87. The summed E-state index contributed by atoms with van der Waals surface area (Å²) in [6, 6.07) is 9.55. The first-order chi connectivity index (χ1) is 6.68. The Bertz CT molecular complexity index is 287. The van der Waals surface area contributed by atoms with Gasteiger partial charge in [0.15, 0.2) is 0 Å². The summed E-state index contributed by atoms with van der Waals surface area (Å²) in [5.74, 6) is 0. The van der Waals surface area contributed by atoms with Crippen LogP contribution in [-0.4, -0.2) is 11.0 Å². The average Bonchev–Trinajstić information content (AvgIpc) is 2.15. The number of hydrogen-bond acceptors (Lipinski definition) is 2. The summed E-state index contributed by atoms with van der Waals surface area (Å²) in [5, 5.41) is 2.57. The molecule has 0 heterocycles. The Kier molecular flexibility index (Phi) is 4.46. The van der Waals surface area contributed by atoms with Gasteiger partial charge in [-0.1, -0.05) is 46.3 Å². The third-order valence-electron chi connectivity index (χ3n) is 1.53. The van der Waals surface area contributed by atoms with Crippen molar-refractivity contribution >= 4 is 22.0 Å². The van der Waals surface area contributed by atoms with E-state index in [0.717, 1.165) is 5.56 Å². The highest BCUT2D eigenvalue weighted by Crippen LogP contribution is 2.01. The second-order valence-electron chi connectivity index (χ2n) is 2.82. The summed E-state index contributed by atoms with van der Waals surface area (Å²) < 4.78 is 4.96. The van der Waals surface area contributed by atoms with Crippen molar-refractivity contribution in [1.29, 1.82) is 0 Å². The number of benzene rings is 1. The highest BCUT2D eigenvalue weighted by Gasteiger charge is 2.04. The summed E-state index contributed by atoms with van der Waals surface area (Å²) in [7, 11) is 0. The van der Waals surface area contributed by atoms with Crippen LogP contribution in [0.2, 0.25) is 0 Å². The van der Waals surface area contributed by atoms with Gasteiger partial charge in [-0.05, 0) is 12.5 Å². The van der Waals surface area contributed by atoms with E-state index in [9.17, 15) is 4.79 Å². The van der Waals surface area contributed by atoms with Crippen molar-refractivity contribution in [3.63, 3.8) is 0 Å². The second kappa shape index (κ2) is 5.65. The van der Waals surface area contributed by atoms with Crippen molar-refractivity contribution in [2.75, 3.05) is 0 Å². The molecule has 3 nitrogen and oxygen atoms in total. The number of alkyl halides is 1. The minimum Gasteiger partial charge on any atom is -0.445 e. The van der Waals surface area contributed by atoms with Gasteiger partial charge in [0.2, 0.25) is 0 Å². The monoisotopic (exact) mass is 257 g/mol. The minimum absolute atomic E-state index is 0.0780. The summed E-state index contributed by atoms with van der Waals surface area (Å²) in [6.07, 6.45) is -0.418. The van der Waals surface area contributed by atoms with Crippen LogP contribution in [0, 0.1) is 0 Å². The van der Waals surface area contributed by atoms with E-state index in [1.165, 1.54) is 0 Å². The van der Waals surface area contributed by atoms with Gasteiger partial charge in [-0.25, -0.2) is 4.79 Å². The summed E-state index contributed by atoms with van der Waals surface area (Å²) >= 11 is 3.19. The number of rotatable bonds is 3. The van der Waals surface area contributed by atoms with E-state index in [1.54, 1.807) is 0 Å². The van der Waals surface area contributed by atoms with E-state index in [0.29, 0.717) is 6.61 Å². The number of carbonyl (C=O) groups is 1. The van der Waals surface area contributed by atoms with E-state index in [1.807, 2.05) is 37.3 Å². The molecule has 0 fully saturated rings. The number of hydrogen-bond donors (Lipinski definition) is 1. The first-order valence-electron chi connectivity index (χ1n) is 4.30. The van der Waals surface area contributed by atoms with Crippen molar-refractivity contribution in [2.24, 2.45) is 0 Å². The maximum Gasteiger partial charge on any atom is 0.408 e. The van der Waals surface area contributed by atoms with Crippen LogP contribution >= 0.6 is 15.9 Å². The molecular formula is C10H12BrNO2. The topological polar surface area (TPSA) is 38.3 Å². The molecule has 0 aliphatic rings. The van der Waals surface area contributed by atoms with Gasteiger partial charge >= 0.3 is 6.09 Å². The Morgan fingerprint density at radius 3 is 2.71 bits per heavy atom. The largest absolute Gasteiger partial charge is 0.445 e. The molecule has 0 radical (unpaired) electrons. The normalized spacial score (nSPS) is 11.9. The first-order valence-corrected chi connectivity index (χ1v) is 5.21. The molecule has 1 aromatic carbocycles. The summed E-state index contributed by atoms with van der Waals surface area (Å²) in [5.41, 5.74) is 0.977. The minimum atomic E-state index is -0.418. The highest BCUT2D eigenvalue weighted by atomic mass is 79.9. The van der Waals surface area contributed by atoms with Gasteiger partial charge in [0.1, 0.15) is 6.61 Å². The molecule has 1 aromatic rings. The quantitative estimate of drug-likeness (QED) is 0.668. The van der Waals surface area contributed by atoms with Crippen LogP contribution < -0.4 is 5.32 Å². The smallest absolute Gasteiger partial charge is 0.408 e. The van der Waals surface area contributed by atoms with Crippen LogP contribution in [0.4, 0.5) is 4.79 Å². The molecule has 0 spiro atoms. The number of ether oxygens (including phenoxy) is 1. The van der Waals surface area contributed by atoms with Gasteiger partial charge in [0.05, 0.1) is 4.95 Å². The molecule has 1 rings (SSSR count). The zero-order chi connectivity index (χ0) is 10.4. The molecule has 76 valence electrons. The van der Waals surface area contributed by atoms with Gasteiger partial charge in [-0.2, -0.15) is 0 Å². The summed E-state index contributed by atoms with van der Waals surface area (Å²) in [4.78, 5) is 11.0. The van der Waals surface area contributed by atoms with E-state index in [4.69, 9.17) is 4.74 Å². The van der Waals surface area contributed by atoms with Crippen LogP contribution in [-0.2, 0) is 11.3 Å². The molecule has 0 saturated carbocycles. The van der Waals surface area contributed by atoms with Crippen molar-refractivity contribution in [2.45, 2.75) is 18.5 Å². The average molecular weight is 258 g/mol. The lowest BCUT2D eigenvalue weighted by Gasteiger charge is -2.07. The molecule has 1 amide bonds. The van der Waals surface area contributed by atoms with E-state index in [-0.39, 0.29) is 4.95 Å². The van der Waals surface area contributed by atoms with Crippen molar-refractivity contribution in [3.05, 3.63) is 35.9 Å². The third-order valence-corrected chi connectivity index (χ3v) is 1.76. The molecule has 4 heteroatoms. The third kappa shape index (κ3) is 4.28. The van der Waals surface area contributed by atoms with Crippen LogP contribution in [0.1, 0.15) is 12.5 Å². The Morgan fingerprint density at radius 2 is 2.14 bits per heavy atom. The lowest BCUT2D eigenvalue weighted by molar-refractivity contribution is 0.139. The number of alkyl carbamates (subject to hydrolysis) is 1. The Labute approximate surface area is 91.6 Å². The number of amides is 1. The molecule has 1 atom stereocenters. The fourth-order valence-electron chi connectivity index (χ4n) is 0.927. The van der Waals surface area contributed by atoms with Crippen LogP contribution in [0.5, 0.6) is 0 Å². The van der Waals surface area contributed by atoms with Gasteiger partial charge in [-0.3, -0.25) is 0 Å². The maximum absolute atomic E-state index is 11.1. The Morgan fingerprint density at radius 1 is 1.50 bits per heavy atom. The van der Waals surface area contributed by atoms with Crippen molar-refractivity contribution < 1.29 is 9.53 Å². The van der Waals surface area contributed by atoms with E-state index in [2.05, 4.69) is 21.2 Å². The molecule has 1 unspecified atom stereocenters. The van der Waals surface area contributed by atoms with Gasteiger partial charge in [0.25, 0.3) is 0 Å². The van der Waals surface area contributed by atoms with Gasteiger partial charge in [0, 0.05) is 0 Å². The predicted octanol–water partition coefficient (Wildman–Crippen LogP) is 2.65. The second-order valence-corrected chi connectivity index (χ2v) is 4.20. The van der Waals surface area contributed by atoms with Crippen LogP contribution in [0.15, 0.2) is 30.3 Å². The van der Waals surface area contributed by atoms with Gasteiger partial charge in [-0.15, -0.1) is 0 Å². The van der Waals surface area contributed by atoms with Crippen molar-refractivity contribution in [3.8, 4) is 0 Å². The van der Waals surface area contributed by atoms with Crippen LogP contribution in [0.3, 0.4) is 0 Å². The number of carbonyl (C=O) groups excluding carboxylic acids is 1. The molecule has 0 aliphatic carbocycles. The molecular weight excluding hydrogens is 246 g/mol. The van der Waals surface area contributed by atoms with Crippen molar-refractivity contribution in [1.82, 2.24) is 5.32 Å². The fraction of sp³-hybridized carbons (Fsp3) is 0.300. The highest BCUT2D eigenvalue weighted by molar-refractivity contribution is 9.09. The Balaban J connectivity index is 2.31. The lowest BCUT2D eigenvalue weighted by atomic mass is 10.2. The maximum atomic E-state index is 11.1. The fourth-order valence-corrected chi connectivity index (χ4v) is 1.11. The standard InChI is InChI=1S/C10H12BrNO2/c1-8(11)12-10(13)14-7-9-5-3-2-4-6-9/h2-6,8H,7H2,1H3,(H,12,13). The molecule has 0 aromatic heterocycles.